The molecule has 14 heteroatoms. The second-order valence-electron chi connectivity index (χ2n) is 13.7. The van der Waals surface area contributed by atoms with Crippen molar-refractivity contribution in [3.05, 3.63) is 213 Å². The van der Waals surface area contributed by atoms with Crippen LogP contribution in [0.2, 0.25) is 10.0 Å². The van der Waals surface area contributed by atoms with E-state index in [9.17, 15) is 18.3 Å². The Balaban J connectivity index is 0.000000255. The molecule has 2 unspecified atom stereocenters. The van der Waals surface area contributed by atoms with Crippen LogP contribution in [0.5, 0.6) is 23.0 Å². The highest BCUT2D eigenvalue weighted by Crippen LogP contribution is 2.36. The summed E-state index contributed by atoms with van der Waals surface area (Å²) in [6, 6.07) is 45.7. The van der Waals surface area contributed by atoms with Crippen molar-refractivity contribution < 1.29 is 36.9 Å². The molecule has 330 valence electrons. The first-order valence-electron chi connectivity index (χ1n) is 19.6. The highest BCUT2D eigenvalue weighted by atomic mass is 79.9. The fourth-order valence-electron chi connectivity index (χ4n) is 6.23. The van der Waals surface area contributed by atoms with Crippen LogP contribution in [0.25, 0.3) is 0 Å². The van der Waals surface area contributed by atoms with Crippen LogP contribution < -0.4 is 9.47 Å². The Bertz CT molecular complexity index is 2320. The Hall–Kier alpha value is -3.88. The van der Waals surface area contributed by atoms with Gasteiger partial charge in [-0.05, 0) is 108 Å². The Morgan fingerprint density at radius 3 is 1.27 bits per heavy atom. The predicted molar refractivity (Wildman–Crippen MR) is 261 cm³/mol. The first-order valence-corrected chi connectivity index (χ1v) is 23.1. The molecular weight excluding hydrogens is 1050 g/mol. The van der Waals surface area contributed by atoms with Gasteiger partial charge in [0.1, 0.15) is 46.3 Å². The van der Waals surface area contributed by atoms with Gasteiger partial charge in [-0.15, -0.1) is 47.3 Å². The minimum atomic E-state index is -0.879. The molecule has 0 spiro atoms. The van der Waals surface area contributed by atoms with E-state index in [1.165, 1.54) is 7.11 Å². The summed E-state index contributed by atoms with van der Waals surface area (Å²) in [7, 11) is 1.54. The van der Waals surface area contributed by atoms with Gasteiger partial charge in [-0.2, -0.15) is 0 Å². The number of benzene rings is 6. The zero-order valence-corrected chi connectivity index (χ0v) is 40.3. The molecule has 0 saturated carbocycles. The number of ether oxygens (including phenoxy) is 3. The maximum Gasteiger partial charge on any atom is 0.369 e. The second-order valence-corrected chi connectivity index (χ2v) is 21.0. The van der Waals surface area contributed by atoms with Crippen molar-refractivity contribution in [3.8, 4) is 23.0 Å². The summed E-state index contributed by atoms with van der Waals surface area (Å²) < 4.78 is 76.5. The minimum Gasteiger partial charge on any atom is -0.457 e. The van der Waals surface area contributed by atoms with Crippen molar-refractivity contribution in [1.82, 2.24) is 0 Å². The van der Waals surface area contributed by atoms with Gasteiger partial charge < -0.3 is 19.3 Å². The van der Waals surface area contributed by atoms with E-state index in [0.29, 0.717) is 68.3 Å². The van der Waals surface area contributed by atoms with Crippen molar-refractivity contribution >= 4 is 73.7 Å². The average molecular weight is 1090 g/mol. The summed E-state index contributed by atoms with van der Waals surface area (Å²) >= 11 is 21.1. The largest absolute Gasteiger partial charge is 0.457 e. The van der Waals surface area contributed by atoms with Crippen LogP contribution in [0, 0.1) is 0 Å². The SMILES string of the molecule is BrB(Br)Br.COCCC(/C(F)=C(\F)Cc1cccc(Oc2ccccc2)c1)c1ccc(Cl)cc1.OCCC(/C(F)=C(\F)Cc1cccc(Oc2ccccc2)c1)c1ccc(Cl)cc1. The van der Waals surface area contributed by atoms with E-state index < -0.39 is 35.1 Å². The summed E-state index contributed by atoms with van der Waals surface area (Å²) in [4.78, 5) is 0. The topological polar surface area (TPSA) is 47.9 Å². The van der Waals surface area contributed by atoms with Crippen molar-refractivity contribution in [3.63, 3.8) is 0 Å². The normalized spacial score (nSPS) is 12.6. The lowest BCUT2D eigenvalue weighted by Gasteiger charge is -2.16. The van der Waals surface area contributed by atoms with Gasteiger partial charge in [0.2, 0.25) is 0 Å². The van der Waals surface area contributed by atoms with Crippen LogP contribution in [0.1, 0.15) is 46.9 Å². The quantitative estimate of drug-likeness (QED) is 0.0730. The van der Waals surface area contributed by atoms with Crippen LogP contribution in [0.4, 0.5) is 17.6 Å². The Morgan fingerprint density at radius 1 is 0.540 bits per heavy atom. The number of halogens is 9. The maximum absolute atomic E-state index is 15.1. The summed E-state index contributed by atoms with van der Waals surface area (Å²) in [6.45, 7) is 0.0583. The van der Waals surface area contributed by atoms with E-state index in [4.69, 9.17) is 37.4 Å². The van der Waals surface area contributed by atoms with Gasteiger partial charge in [0.05, 0.1) is 0 Å². The van der Waals surface area contributed by atoms with Gasteiger partial charge in [0.25, 0.3) is 0 Å². The first-order chi connectivity index (χ1) is 30.4. The molecule has 0 bridgehead atoms. The van der Waals surface area contributed by atoms with Gasteiger partial charge in [0.15, 0.2) is 0 Å². The third-order valence-corrected chi connectivity index (χ3v) is 9.68. The van der Waals surface area contributed by atoms with Crippen molar-refractivity contribution in [2.75, 3.05) is 20.3 Å². The van der Waals surface area contributed by atoms with Crippen molar-refractivity contribution in [1.29, 1.82) is 0 Å². The van der Waals surface area contributed by atoms with E-state index in [1.54, 1.807) is 97.1 Å². The molecule has 0 aliphatic carbocycles. The number of rotatable bonds is 17. The zero-order chi connectivity index (χ0) is 45.6. The Labute approximate surface area is 401 Å². The highest BCUT2D eigenvalue weighted by molar-refractivity contribution is 9.69. The van der Waals surface area contributed by atoms with E-state index in [-0.39, 0.29) is 29.1 Å². The van der Waals surface area contributed by atoms with E-state index in [0.717, 1.165) is 0 Å². The Kier molecular flexibility index (Phi) is 23.1. The summed E-state index contributed by atoms with van der Waals surface area (Å²) in [5.74, 6) is -2.46. The van der Waals surface area contributed by atoms with Crippen LogP contribution >= 0.6 is 70.5 Å². The monoisotopic (exact) mass is 1090 g/mol. The minimum absolute atomic E-state index is 0.0814. The molecule has 0 fully saturated rings. The average Bonchev–Trinajstić information content (AvgIpc) is 3.27. The molecule has 0 aromatic heterocycles. The van der Waals surface area contributed by atoms with Gasteiger partial charge in [-0.3, -0.25) is 0 Å². The molecule has 2 atom stereocenters. The fourth-order valence-corrected chi connectivity index (χ4v) is 6.48. The number of hydrogen-bond donors (Lipinski definition) is 1. The summed E-state index contributed by atoms with van der Waals surface area (Å²) in [5.41, 5.74) is 2.44. The van der Waals surface area contributed by atoms with Crippen molar-refractivity contribution in [2.24, 2.45) is 0 Å². The lowest BCUT2D eigenvalue weighted by molar-refractivity contribution is 0.187. The maximum atomic E-state index is 15.1. The molecule has 1 N–H and O–H groups in total. The Morgan fingerprint density at radius 2 is 0.905 bits per heavy atom. The molecule has 0 aliphatic rings. The molecule has 0 aliphatic heterocycles. The number of methoxy groups -OCH3 is 1. The number of hydrogen-bond acceptors (Lipinski definition) is 4. The van der Waals surface area contributed by atoms with Gasteiger partial charge in [-0.25, -0.2) is 17.6 Å². The second kappa shape index (κ2) is 28.1. The zero-order valence-electron chi connectivity index (χ0n) is 34.1. The lowest BCUT2D eigenvalue weighted by Crippen LogP contribution is -2.06. The van der Waals surface area contributed by atoms with Crippen LogP contribution in [0.15, 0.2) is 181 Å². The predicted octanol–water partition coefficient (Wildman–Crippen LogP) is 16.8. The molecular formula is C49H44BBr3Cl2F4O4. The number of allylic oxidation sites excluding steroid dienone is 4. The summed E-state index contributed by atoms with van der Waals surface area (Å²) in [6.07, 6.45) is 0.0504. The first kappa shape index (κ1) is 51.8. The van der Waals surface area contributed by atoms with Gasteiger partial charge in [0, 0.05) is 55.0 Å². The van der Waals surface area contributed by atoms with E-state index in [1.807, 2.05) is 60.7 Å². The fraction of sp³-hybridized carbons (Fsp3) is 0.184. The molecule has 0 amide bonds. The highest BCUT2D eigenvalue weighted by Gasteiger charge is 2.23. The van der Waals surface area contributed by atoms with E-state index in [2.05, 4.69) is 47.3 Å². The molecule has 0 radical (unpaired) electrons. The molecule has 0 heterocycles. The molecule has 4 nitrogen and oxygen atoms in total. The molecule has 6 rings (SSSR count). The summed E-state index contributed by atoms with van der Waals surface area (Å²) in [5, 5.41) is 10.4. The van der Waals surface area contributed by atoms with Crippen LogP contribution in [0.3, 0.4) is 0 Å². The standard InChI is InChI=1S/C25H23ClF2O2.C24H21ClF2O2.BBr3/c1-29-15-14-23(19-10-12-20(26)13-11-19)25(28)24(27)17-18-6-5-9-22(16-18)30-21-7-3-2-4-8-21;25-19-11-9-18(10-12-19)22(13-14-28)24(27)23(26)16-17-5-4-8-21(15-17)29-20-6-2-1-3-7-20;2-1(3)4/h2-13,16,23H,14-15,17H2,1H3;1-12,15,22,28H,13-14,16H2;/b25-24+;24-23+;. The molecule has 6 aromatic carbocycles. The van der Waals surface area contributed by atoms with Crippen molar-refractivity contribution in [2.45, 2.75) is 37.5 Å². The third kappa shape index (κ3) is 18.6. The van der Waals surface area contributed by atoms with E-state index >= 15 is 4.39 Å². The lowest BCUT2D eigenvalue weighted by atomic mass is 9.93. The smallest absolute Gasteiger partial charge is 0.369 e. The number of aliphatic hydroxyl groups is 1. The molecule has 6 aromatic rings. The van der Waals surface area contributed by atoms with Gasteiger partial charge >= 0.3 is 3.18 Å². The number of aliphatic hydroxyl groups excluding tert-OH is 1. The third-order valence-electron chi connectivity index (χ3n) is 9.18. The molecule has 63 heavy (non-hydrogen) atoms. The molecule has 0 saturated heterocycles. The van der Waals surface area contributed by atoms with Crippen LogP contribution in [-0.4, -0.2) is 28.6 Å². The number of para-hydroxylation sites is 2. The van der Waals surface area contributed by atoms with Crippen LogP contribution in [-0.2, 0) is 17.6 Å². The van der Waals surface area contributed by atoms with Gasteiger partial charge in [-0.1, -0.05) is 108 Å².